The van der Waals surface area contributed by atoms with Gasteiger partial charge in [0.15, 0.2) is 0 Å². The van der Waals surface area contributed by atoms with Gasteiger partial charge in [-0.3, -0.25) is 4.79 Å². The minimum Gasteiger partial charge on any atom is -0.467 e. The highest BCUT2D eigenvalue weighted by Crippen LogP contribution is 2.05. The first kappa shape index (κ1) is 18.4. The largest absolute Gasteiger partial charge is 0.467 e. The molecule has 0 heterocycles. The topological polar surface area (TPSA) is 81.4 Å². The third kappa shape index (κ3) is 6.54. The number of halogens is 1. The van der Waals surface area contributed by atoms with Crippen LogP contribution in [-0.2, 0) is 20.7 Å². The standard InChI is InChI=1S/C14H20N2O3.ClH/c1-10(15)8-13(17)16-12(14(18)19-2)9-11-6-4-3-5-7-11;/h3-7,10,12H,8-9,15H2,1-2H3,(H,16,17);1H. The molecular weight excluding hydrogens is 280 g/mol. The molecule has 2 atom stereocenters. The molecule has 3 N–H and O–H groups in total. The van der Waals surface area contributed by atoms with Gasteiger partial charge in [-0.2, -0.15) is 0 Å². The van der Waals surface area contributed by atoms with Crippen molar-refractivity contribution in [2.75, 3.05) is 7.11 Å². The van der Waals surface area contributed by atoms with Gasteiger partial charge < -0.3 is 15.8 Å². The average Bonchev–Trinajstić information content (AvgIpc) is 2.37. The normalized spacial score (nSPS) is 12.8. The van der Waals surface area contributed by atoms with Gasteiger partial charge in [-0.25, -0.2) is 4.79 Å². The second-order valence-electron chi connectivity index (χ2n) is 4.51. The van der Waals surface area contributed by atoms with Crippen LogP contribution in [0.1, 0.15) is 18.9 Å². The van der Waals surface area contributed by atoms with E-state index in [4.69, 9.17) is 10.5 Å². The summed E-state index contributed by atoms with van der Waals surface area (Å²) in [5.74, 6) is -0.705. The predicted octanol–water partition coefficient (Wildman–Crippen LogP) is 1.05. The van der Waals surface area contributed by atoms with Crippen LogP contribution >= 0.6 is 12.4 Å². The Morgan fingerprint density at radius 2 is 1.90 bits per heavy atom. The third-order valence-corrected chi connectivity index (χ3v) is 2.61. The third-order valence-electron chi connectivity index (χ3n) is 2.61. The lowest BCUT2D eigenvalue weighted by molar-refractivity contribution is -0.145. The van der Waals surface area contributed by atoms with E-state index in [0.717, 1.165) is 5.56 Å². The van der Waals surface area contributed by atoms with E-state index >= 15 is 0 Å². The van der Waals surface area contributed by atoms with Crippen molar-refractivity contribution >= 4 is 24.3 Å². The van der Waals surface area contributed by atoms with Crippen LogP contribution < -0.4 is 11.1 Å². The number of carbonyl (C=O) groups excluding carboxylic acids is 2. The van der Waals surface area contributed by atoms with Crippen molar-refractivity contribution in [3.63, 3.8) is 0 Å². The molecule has 0 saturated carbocycles. The summed E-state index contributed by atoms with van der Waals surface area (Å²) in [6.07, 6.45) is 0.584. The summed E-state index contributed by atoms with van der Waals surface area (Å²) in [7, 11) is 1.30. The Hall–Kier alpha value is -1.59. The number of ether oxygens (including phenoxy) is 1. The number of nitrogens with one attached hydrogen (secondary N) is 1. The van der Waals surface area contributed by atoms with Crippen molar-refractivity contribution in [3.05, 3.63) is 35.9 Å². The van der Waals surface area contributed by atoms with E-state index in [2.05, 4.69) is 5.32 Å². The van der Waals surface area contributed by atoms with Crippen molar-refractivity contribution in [2.45, 2.75) is 31.8 Å². The molecule has 0 radical (unpaired) electrons. The highest BCUT2D eigenvalue weighted by Gasteiger charge is 2.22. The summed E-state index contributed by atoms with van der Waals surface area (Å²) in [6.45, 7) is 1.74. The molecule has 5 nitrogen and oxygen atoms in total. The number of rotatable bonds is 6. The molecule has 0 spiro atoms. The van der Waals surface area contributed by atoms with E-state index in [1.54, 1.807) is 6.92 Å². The molecule has 1 amide bonds. The van der Waals surface area contributed by atoms with E-state index < -0.39 is 12.0 Å². The first-order valence-electron chi connectivity index (χ1n) is 6.19. The molecule has 0 saturated heterocycles. The zero-order chi connectivity index (χ0) is 14.3. The Kier molecular flexibility index (Phi) is 8.59. The number of hydrogen-bond donors (Lipinski definition) is 2. The molecule has 6 heteroatoms. The Morgan fingerprint density at radius 3 is 2.40 bits per heavy atom. The van der Waals surface area contributed by atoms with E-state index in [0.29, 0.717) is 6.42 Å². The van der Waals surface area contributed by atoms with Gasteiger partial charge in [0.05, 0.1) is 7.11 Å². The van der Waals surface area contributed by atoms with Gasteiger partial charge in [-0.1, -0.05) is 30.3 Å². The maximum Gasteiger partial charge on any atom is 0.328 e. The first-order valence-corrected chi connectivity index (χ1v) is 6.19. The van der Waals surface area contributed by atoms with Crippen molar-refractivity contribution < 1.29 is 14.3 Å². The molecule has 112 valence electrons. The van der Waals surface area contributed by atoms with Crippen LogP contribution in [0, 0.1) is 0 Å². The SMILES string of the molecule is COC(=O)C(Cc1ccccc1)NC(=O)CC(C)N.Cl. The Bertz CT molecular complexity index is 424. The fourth-order valence-electron chi connectivity index (χ4n) is 1.73. The van der Waals surface area contributed by atoms with Crippen molar-refractivity contribution in [1.82, 2.24) is 5.32 Å². The van der Waals surface area contributed by atoms with Gasteiger partial charge in [0.2, 0.25) is 5.91 Å². The van der Waals surface area contributed by atoms with Gasteiger partial charge in [0.25, 0.3) is 0 Å². The van der Waals surface area contributed by atoms with Gasteiger partial charge in [-0.05, 0) is 12.5 Å². The zero-order valence-corrected chi connectivity index (χ0v) is 12.5. The van der Waals surface area contributed by atoms with Crippen molar-refractivity contribution in [3.8, 4) is 0 Å². The lowest BCUT2D eigenvalue weighted by Crippen LogP contribution is -2.44. The molecule has 0 bridgehead atoms. The molecule has 0 aliphatic rings. The van der Waals surface area contributed by atoms with Gasteiger partial charge in [0.1, 0.15) is 6.04 Å². The van der Waals surface area contributed by atoms with Crippen LogP contribution in [0.15, 0.2) is 30.3 Å². The summed E-state index contributed by atoms with van der Waals surface area (Å²) in [5, 5.41) is 2.65. The smallest absolute Gasteiger partial charge is 0.328 e. The minimum absolute atomic E-state index is 0. The van der Waals surface area contributed by atoms with Crippen LogP contribution in [0.3, 0.4) is 0 Å². The average molecular weight is 301 g/mol. The van der Waals surface area contributed by atoms with E-state index in [9.17, 15) is 9.59 Å². The molecule has 20 heavy (non-hydrogen) atoms. The van der Waals surface area contributed by atoms with Gasteiger partial charge in [-0.15, -0.1) is 12.4 Å². The molecule has 1 aromatic carbocycles. The van der Waals surface area contributed by atoms with Crippen molar-refractivity contribution in [1.29, 1.82) is 0 Å². The molecule has 2 unspecified atom stereocenters. The van der Waals surface area contributed by atoms with E-state index in [1.165, 1.54) is 7.11 Å². The molecule has 0 aliphatic carbocycles. The number of amides is 1. The number of nitrogens with two attached hydrogens (primary N) is 1. The quantitative estimate of drug-likeness (QED) is 0.769. The number of esters is 1. The Balaban J connectivity index is 0.00000361. The summed E-state index contributed by atoms with van der Waals surface area (Å²) in [6, 6.07) is 8.53. The molecule has 0 aromatic heterocycles. The fourth-order valence-corrected chi connectivity index (χ4v) is 1.73. The second-order valence-corrected chi connectivity index (χ2v) is 4.51. The summed E-state index contributed by atoms with van der Waals surface area (Å²) in [4.78, 5) is 23.3. The molecule has 0 aliphatic heterocycles. The van der Waals surface area contributed by atoms with Gasteiger partial charge >= 0.3 is 5.97 Å². The van der Waals surface area contributed by atoms with Gasteiger partial charge in [0, 0.05) is 18.9 Å². The maximum absolute atomic E-state index is 11.7. The van der Waals surface area contributed by atoms with Crippen molar-refractivity contribution in [2.24, 2.45) is 5.73 Å². The Morgan fingerprint density at radius 1 is 1.30 bits per heavy atom. The van der Waals surface area contributed by atoms with E-state index in [-0.39, 0.29) is 30.8 Å². The summed E-state index contributed by atoms with van der Waals surface area (Å²) < 4.78 is 4.71. The molecule has 1 aromatic rings. The summed E-state index contributed by atoms with van der Waals surface area (Å²) in [5.41, 5.74) is 6.51. The molecular formula is C14H21ClN2O3. The lowest BCUT2D eigenvalue weighted by Gasteiger charge is -2.17. The maximum atomic E-state index is 11.7. The minimum atomic E-state index is -0.682. The monoisotopic (exact) mass is 300 g/mol. The predicted molar refractivity (Wildman–Crippen MR) is 79.6 cm³/mol. The number of hydrogen-bond acceptors (Lipinski definition) is 4. The highest BCUT2D eigenvalue weighted by molar-refractivity contribution is 5.85. The fraction of sp³-hybridized carbons (Fsp3) is 0.429. The first-order chi connectivity index (χ1) is 9.02. The molecule has 0 fully saturated rings. The number of benzene rings is 1. The van der Waals surface area contributed by atoms with Crippen LogP contribution in [0.4, 0.5) is 0 Å². The lowest BCUT2D eigenvalue weighted by atomic mass is 10.1. The molecule has 1 rings (SSSR count). The van der Waals surface area contributed by atoms with Crippen LogP contribution in [0.5, 0.6) is 0 Å². The number of methoxy groups -OCH3 is 1. The van der Waals surface area contributed by atoms with Crippen LogP contribution in [0.25, 0.3) is 0 Å². The van der Waals surface area contributed by atoms with Crippen LogP contribution in [0.2, 0.25) is 0 Å². The zero-order valence-electron chi connectivity index (χ0n) is 11.7. The summed E-state index contributed by atoms with van der Waals surface area (Å²) >= 11 is 0. The Labute approximate surface area is 125 Å². The number of carbonyl (C=O) groups is 2. The van der Waals surface area contributed by atoms with Crippen LogP contribution in [-0.4, -0.2) is 31.1 Å². The highest BCUT2D eigenvalue weighted by atomic mass is 35.5. The second kappa shape index (κ2) is 9.34. The van der Waals surface area contributed by atoms with E-state index in [1.807, 2.05) is 30.3 Å².